The van der Waals surface area contributed by atoms with Gasteiger partial charge >= 0.3 is 0 Å². The molecule has 1 aromatic heterocycles. The molecule has 70 valence electrons. The molecule has 0 aromatic carbocycles. The first-order valence-corrected chi connectivity index (χ1v) is 4.65. The van der Waals surface area contributed by atoms with E-state index in [0.29, 0.717) is 0 Å². The van der Waals surface area contributed by atoms with Crippen molar-refractivity contribution in [2.24, 2.45) is 0 Å². The first-order valence-electron chi connectivity index (χ1n) is 3.77. The summed E-state index contributed by atoms with van der Waals surface area (Å²) in [6.07, 6.45) is 0.839. The minimum absolute atomic E-state index is 0. The SMILES string of the molecule is OCCCNCc1cccs1.[Cl-]. The summed E-state index contributed by atoms with van der Waals surface area (Å²) in [5, 5.41) is 13.8. The zero-order valence-electron chi connectivity index (χ0n) is 6.79. The fraction of sp³-hybridized carbons (Fsp3) is 0.500. The molecule has 12 heavy (non-hydrogen) atoms. The number of thiophene rings is 1. The summed E-state index contributed by atoms with van der Waals surface area (Å²) in [6.45, 7) is 2.10. The van der Waals surface area contributed by atoms with E-state index < -0.39 is 0 Å². The van der Waals surface area contributed by atoms with Crippen LogP contribution in [0, 0.1) is 0 Å². The molecule has 0 bridgehead atoms. The Hall–Kier alpha value is -0.0900. The van der Waals surface area contributed by atoms with Crippen LogP contribution >= 0.6 is 11.3 Å². The van der Waals surface area contributed by atoms with Gasteiger partial charge in [-0.15, -0.1) is 11.3 Å². The van der Waals surface area contributed by atoms with Gasteiger partial charge in [-0.25, -0.2) is 0 Å². The van der Waals surface area contributed by atoms with E-state index in [4.69, 9.17) is 5.11 Å². The molecule has 1 rings (SSSR count). The molecule has 2 N–H and O–H groups in total. The fourth-order valence-electron chi connectivity index (χ4n) is 0.829. The van der Waals surface area contributed by atoms with Crippen molar-refractivity contribution in [3.63, 3.8) is 0 Å². The van der Waals surface area contributed by atoms with Crippen LogP contribution in [0.2, 0.25) is 0 Å². The predicted molar refractivity (Wildman–Crippen MR) is 47.7 cm³/mol. The Labute approximate surface area is 83.0 Å². The zero-order valence-corrected chi connectivity index (χ0v) is 8.37. The molecule has 1 heterocycles. The second kappa shape index (κ2) is 7.55. The summed E-state index contributed by atoms with van der Waals surface area (Å²) in [4.78, 5) is 1.35. The highest BCUT2D eigenvalue weighted by Crippen LogP contribution is 2.06. The zero-order chi connectivity index (χ0) is 7.94. The van der Waals surface area contributed by atoms with Gasteiger partial charge in [0.2, 0.25) is 0 Å². The van der Waals surface area contributed by atoms with Crippen LogP contribution in [0.5, 0.6) is 0 Å². The summed E-state index contributed by atoms with van der Waals surface area (Å²) >= 11 is 1.76. The van der Waals surface area contributed by atoms with Crippen molar-refractivity contribution < 1.29 is 17.5 Å². The highest BCUT2D eigenvalue weighted by Gasteiger charge is 1.90. The Morgan fingerprint density at radius 3 is 2.92 bits per heavy atom. The maximum absolute atomic E-state index is 8.49. The lowest BCUT2D eigenvalue weighted by atomic mass is 10.4. The Morgan fingerprint density at radius 2 is 2.33 bits per heavy atom. The number of rotatable bonds is 5. The number of nitrogens with one attached hydrogen (secondary N) is 1. The van der Waals surface area contributed by atoms with Crippen molar-refractivity contribution in [2.45, 2.75) is 13.0 Å². The predicted octanol–water partition coefficient (Wildman–Crippen LogP) is -1.78. The third kappa shape index (κ3) is 4.72. The molecule has 2 nitrogen and oxygen atoms in total. The summed E-state index contributed by atoms with van der Waals surface area (Å²) in [5.74, 6) is 0. The molecule has 0 spiro atoms. The van der Waals surface area contributed by atoms with Crippen molar-refractivity contribution in [1.29, 1.82) is 0 Å². The number of aliphatic hydroxyl groups excluding tert-OH is 1. The maximum Gasteiger partial charge on any atom is 0.0443 e. The molecule has 0 saturated carbocycles. The second-order valence-electron chi connectivity index (χ2n) is 2.33. The van der Waals surface area contributed by atoms with Gasteiger partial charge in [-0.05, 0) is 24.4 Å². The molecule has 1 aromatic rings. The van der Waals surface area contributed by atoms with E-state index in [1.807, 2.05) is 6.07 Å². The maximum atomic E-state index is 8.49. The van der Waals surface area contributed by atoms with Gasteiger partial charge in [0.05, 0.1) is 0 Å². The number of hydrogen-bond donors (Lipinski definition) is 2. The van der Waals surface area contributed by atoms with Gasteiger partial charge in [0.25, 0.3) is 0 Å². The molecule has 0 unspecified atom stereocenters. The van der Waals surface area contributed by atoms with Crippen LogP contribution in [0.25, 0.3) is 0 Å². The van der Waals surface area contributed by atoms with Crippen LogP contribution < -0.4 is 17.7 Å². The van der Waals surface area contributed by atoms with Gasteiger partial charge < -0.3 is 22.8 Å². The Balaban J connectivity index is 0.00000121. The Morgan fingerprint density at radius 1 is 1.50 bits per heavy atom. The molecule has 0 atom stereocenters. The lowest BCUT2D eigenvalue weighted by Crippen LogP contribution is -3.00. The van der Waals surface area contributed by atoms with E-state index in [2.05, 4.69) is 16.8 Å². The molecule has 0 saturated heterocycles. The third-order valence-corrected chi connectivity index (χ3v) is 2.27. The number of halogens is 1. The van der Waals surface area contributed by atoms with E-state index >= 15 is 0 Å². The molecule has 0 radical (unpaired) electrons. The Bertz CT molecular complexity index is 179. The summed E-state index contributed by atoms with van der Waals surface area (Å²) in [7, 11) is 0. The normalized spacial score (nSPS) is 9.42. The average Bonchev–Trinajstić information content (AvgIpc) is 2.50. The molecule has 0 amide bonds. The van der Waals surface area contributed by atoms with Crippen LogP contribution in [0.4, 0.5) is 0 Å². The molecule has 0 aliphatic rings. The summed E-state index contributed by atoms with van der Waals surface area (Å²) < 4.78 is 0. The quantitative estimate of drug-likeness (QED) is 0.559. The lowest BCUT2D eigenvalue weighted by Gasteiger charge is -1.99. The van der Waals surface area contributed by atoms with Crippen molar-refractivity contribution >= 4 is 11.3 Å². The topological polar surface area (TPSA) is 32.3 Å². The molecule has 4 heteroatoms. The largest absolute Gasteiger partial charge is 1.00 e. The van der Waals surface area contributed by atoms with Gasteiger partial charge in [-0.2, -0.15) is 0 Å². The van der Waals surface area contributed by atoms with Crippen molar-refractivity contribution in [1.82, 2.24) is 5.32 Å². The van der Waals surface area contributed by atoms with E-state index in [9.17, 15) is 0 Å². The fourth-order valence-corrected chi connectivity index (χ4v) is 1.50. The van der Waals surface area contributed by atoms with Crippen LogP contribution in [0.1, 0.15) is 11.3 Å². The smallest absolute Gasteiger partial charge is 0.0443 e. The second-order valence-corrected chi connectivity index (χ2v) is 3.37. The number of aliphatic hydroxyl groups is 1. The molecule has 0 aliphatic heterocycles. The first-order chi connectivity index (χ1) is 5.43. The van der Waals surface area contributed by atoms with Gasteiger partial charge in [-0.3, -0.25) is 0 Å². The summed E-state index contributed by atoms with van der Waals surface area (Å²) in [6, 6.07) is 4.16. The van der Waals surface area contributed by atoms with Gasteiger partial charge in [0, 0.05) is 18.0 Å². The standard InChI is InChI=1S/C8H13NOS.ClH/c10-5-2-4-9-7-8-3-1-6-11-8;/h1,3,6,9-10H,2,4-5,7H2;1H/p-1. The minimum Gasteiger partial charge on any atom is -1.00 e. The van der Waals surface area contributed by atoms with E-state index in [1.54, 1.807) is 11.3 Å². The van der Waals surface area contributed by atoms with Crippen LogP contribution in [0.3, 0.4) is 0 Å². The van der Waals surface area contributed by atoms with Crippen LogP contribution in [0.15, 0.2) is 17.5 Å². The molecular weight excluding hydrogens is 194 g/mol. The van der Waals surface area contributed by atoms with E-state index in [-0.39, 0.29) is 19.0 Å². The average molecular weight is 207 g/mol. The minimum atomic E-state index is 0. The van der Waals surface area contributed by atoms with E-state index in [1.165, 1.54) is 4.88 Å². The van der Waals surface area contributed by atoms with Crippen molar-refractivity contribution in [3.05, 3.63) is 22.4 Å². The molecule has 0 fully saturated rings. The van der Waals surface area contributed by atoms with Crippen LogP contribution in [-0.4, -0.2) is 18.3 Å². The van der Waals surface area contributed by atoms with Gasteiger partial charge in [-0.1, -0.05) is 6.07 Å². The van der Waals surface area contributed by atoms with Crippen LogP contribution in [-0.2, 0) is 6.54 Å². The highest BCUT2D eigenvalue weighted by atomic mass is 35.5. The lowest BCUT2D eigenvalue weighted by molar-refractivity contribution is -0.00000339. The monoisotopic (exact) mass is 206 g/mol. The third-order valence-electron chi connectivity index (χ3n) is 1.39. The van der Waals surface area contributed by atoms with E-state index in [0.717, 1.165) is 19.5 Å². The molecule has 0 aliphatic carbocycles. The Kier molecular flexibility index (Phi) is 7.50. The first kappa shape index (κ1) is 11.9. The van der Waals surface area contributed by atoms with Crippen molar-refractivity contribution in [2.75, 3.05) is 13.2 Å². The summed E-state index contributed by atoms with van der Waals surface area (Å²) in [5.41, 5.74) is 0. The highest BCUT2D eigenvalue weighted by molar-refractivity contribution is 7.09. The van der Waals surface area contributed by atoms with Gasteiger partial charge in [0.15, 0.2) is 0 Å². The van der Waals surface area contributed by atoms with Gasteiger partial charge in [0.1, 0.15) is 0 Å². The molecular formula is C8H13ClNOS-. The van der Waals surface area contributed by atoms with Crippen molar-refractivity contribution in [3.8, 4) is 0 Å². The number of hydrogen-bond acceptors (Lipinski definition) is 3.